The molecule has 2 aliphatic heterocycles. The highest BCUT2D eigenvalue weighted by atomic mass is 19.4. The third-order valence-electron chi connectivity index (χ3n) is 10.7. The molecule has 0 aromatic heterocycles. The predicted octanol–water partition coefficient (Wildman–Crippen LogP) is 9.05. The molecule has 0 bridgehead atoms. The van der Waals surface area contributed by atoms with Crippen molar-refractivity contribution >= 4 is 11.9 Å². The van der Waals surface area contributed by atoms with Gasteiger partial charge in [0.1, 0.15) is 6.10 Å². The van der Waals surface area contributed by atoms with E-state index in [-0.39, 0.29) is 37.3 Å². The molecule has 0 unspecified atom stereocenters. The van der Waals surface area contributed by atoms with Crippen LogP contribution in [-0.4, -0.2) is 47.8 Å². The Morgan fingerprint density at radius 3 is 2.31 bits per heavy atom. The molecule has 1 amide bonds. The van der Waals surface area contributed by atoms with Crippen molar-refractivity contribution in [1.29, 1.82) is 0 Å². The fourth-order valence-corrected chi connectivity index (χ4v) is 8.21. The van der Waals surface area contributed by atoms with Gasteiger partial charge in [-0.05, 0) is 136 Å². The van der Waals surface area contributed by atoms with Gasteiger partial charge in [-0.15, -0.1) is 0 Å². The summed E-state index contributed by atoms with van der Waals surface area (Å²) >= 11 is 0. The molecule has 5 rings (SSSR count). The number of benzene rings is 2. The van der Waals surface area contributed by atoms with Crippen LogP contribution in [0.5, 0.6) is 5.75 Å². The van der Waals surface area contributed by atoms with Crippen molar-refractivity contribution in [2.75, 3.05) is 13.2 Å². The van der Waals surface area contributed by atoms with Crippen LogP contribution < -0.4 is 4.74 Å². The van der Waals surface area contributed by atoms with Gasteiger partial charge in [-0.25, -0.2) is 9.18 Å². The van der Waals surface area contributed by atoms with Gasteiger partial charge >= 0.3 is 18.1 Å². The number of rotatable bonds is 6. The van der Waals surface area contributed by atoms with Gasteiger partial charge in [0.2, 0.25) is 0 Å². The summed E-state index contributed by atoms with van der Waals surface area (Å²) in [6.45, 7) is 17.5. The van der Waals surface area contributed by atoms with E-state index < -0.39 is 35.6 Å². The first-order chi connectivity index (χ1) is 22.8. The van der Waals surface area contributed by atoms with Gasteiger partial charge < -0.3 is 19.1 Å². The van der Waals surface area contributed by atoms with Crippen LogP contribution in [0.15, 0.2) is 6.07 Å². The number of alkyl halides is 3. The molecule has 2 aromatic carbocycles. The van der Waals surface area contributed by atoms with E-state index >= 15 is 4.39 Å². The number of carbonyl (C=O) groups is 2. The largest absolute Gasteiger partial charge is 0.490 e. The zero-order chi connectivity index (χ0) is 36.2. The van der Waals surface area contributed by atoms with Gasteiger partial charge in [0.25, 0.3) is 0 Å². The molecule has 0 saturated heterocycles. The molecule has 1 saturated carbocycles. The van der Waals surface area contributed by atoms with Crippen LogP contribution >= 0.6 is 0 Å². The Morgan fingerprint density at radius 2 is 1.67 bits per heavy atom. The third-order valence-corrected chi connectivity index (χ3v) is 10.7. The van der Waals surface area contributed by atoms with Crippen LogP contribution in [-0.2, 0) is 38.4 Å². The smallest absolute Gasteiger partial charge is 0.471 e. The number of esters is 1. The minimum Gasteiger partial charge on any atom is -0.490 e. The van der Waals surface area contributed by atoms with Crippen LogP contribution in [0.3, 0.4) is 0 Å². The lowest BCUT2D eigenvalue weighted by atomic mass is 9.75. The minimum atomic E-state index is -5.01. The van der Waals surface area contributed by atoms with Crippen LogP contribution in [0.4, 0.5) is 17.6 Å². The first-order valence-corrected chi connectivity index (χ1v) is 17.6. The predicted molar refractivity (Wildman–Crippen MR) is 180 cm³/mol. The Kier molecular flexibility index (Phi) is 10.5. The molecule has 0 spiro atoms. The molecule has 2 heterocycles. The molecule has 10 heteroatoms. The molecule has 270 valence electrons. The quantitative estimate of drug-likeness (QED) is 0.224. The van der Waals surface area contributed by atoms with Gasteiger partial charge in [-0.3, -0.25) is 4.79 Å². The van der Waals surface area contributed by atoms with Crippen molar-refractivity contribution in [1.82, 2.24) is 4.90 Å². The lowest BCUT2D eigenvalue weighted by Gasteiger charge is -2.39. The number of halogens is 4. The normalized spacial score (nSPS) is 21.9. The van der Waals surface area contributed by atoms with E-state index in [0.29, 0.717) is 64.7 Å². The van der Waals surface area contributed by atoms with Crippen molar-refractivity contribution in [2.45, 2.75) is 131 Å². The monoisotopic (exact) mass is 689 g/mol. The molecule has 0 radical (unpaired) electrons. The van der Waals surface area contributed by atoms with E-state index in [2.05, 4.69) is 20.8 Å². The van der Waals surface area contributed by atoms with Gasteiger partial charge in [-0.2, -0.15) is 13.2 Å². The summed E-state index contributed by atoms with van der Waals surface area (Å²) < 4.78 is 75.4. The Bertz CT molecular complexity index is 1610. The molecule has 1 fully saturated rings. The highest BCUT2D eigenvalue weighted by Gasteiger charge is 2.45. The lowest BCUT2D eigenvalue weighted by molar-refractivity contribution is -0.186. The van der Waals surface area contributed by atoms with E-state index in [1.54, 1.807) is 6.92 Å². The summed E-state index contributed by atoms with van der Waals surface area (Å²) in [6, 6.07) is 1.40. The van der Waals surface area contributed by atoms with Crippen LogP contribution in [0, 0.1) is 44.3 Å². The average molecular weight is 690 g/mol. The molecule has 0 N–H and O–H groups in total. The van der Waals surface area contributed by atoms with Gasteiger partial charge in [0.05, 0.1) is 12.2 Å². The maximum Gasteiger partial charge on any atom is 0.471 e. The summed E-state index contributed by atoms with van der Waals surface area (Å²) in [4.78, 5) is 27.8. The summed E-state index contributed by atoms with van der Waals surface area (Å²) in [5.41, 5.74) is 4.84. The highest BCUT2D eigenvalue weighted by molar-refractivity contribution is 5.87. The topological polar surface area (TPSA) is 65.1 Å². The van der Waals surface area contributed by atoms with Gasteiger partial charge in [-0.1, -0.05) is 27.2 Å². The van der Waals surface area contributed by atoms with Crippen LogP contribution in [0.25, 0.3) is 11.1 Å². The van der Waals surface area contributed by atoms with Crippen LogP contribution in [0.2, 0.25) is 0 Å². The average Bonchev–Trinajstić information content (AvgIpc) is 3.02. The van der Waals surface area contributed by atoms with E-state index in [1.165, 1.54) is 6.07 Å². The fraction of sp³-hybridized carbons (Fsp3) is 0.641. The molecule has 3 aliphatic rings. The second-order valence-corrected chi connectivity index (χ2v) is 15.7. The van der Waals surface area contributed by atoms with Crippen molar-refractivity contribution in [3.63, 3.8) is 0 Å². The molecule has 4 atom stereocenters. The number of carbonyl (C=O) groups excluding carboxylic acids is 2. The number of fused-ring (bicyclic) bond motifs is 2. The molecule has 1 aliphatic carbocycles. The summed E-state index contributed by atoms with van der Waals surface area (Å²) in [5, 5.41) is 0. The SMILES string of the molecule is Cc1c(-c2c(C)c3c(c(C)c2[C@@H](OC(C)(C)C)C(=O)O[C@H]2C[C@H](C)CC[C@H]2C(C)C)CCN(C(=O)C(F)(F)F)C3)cc(F)c2c1CCCO2. The third kappa shape index (κ3) is 7.49. The fourth-order valence-electron chi connectivity index (χ4n) is 8.21. The van der Waals surface area contributed by atoms with E-state index in [0.717, 1.165) is 40.9 Å². The second kappa shape index (κ2) is 13.9. The number of nitrogens with zero attached hydrogens (tertiary/aromatic N) is 1. The van der Waals surface area contributed by atoms with E-state index in [9.17, 15) is 22.8 Å². The second-order valence-electron chi connectivity index (χ2n) is 15.7. The molecular weight excluding hydrogens is 638 g/mol. The summed E-state index contributed by atoms with van der Waals surface area (Å²) in [5.74, 6) is -1.88. The van der Waals surface area contributed by atoms with Crippen molar-refractivity contribution in [3.05, 3.63) is 50.8 Å². The Balaban J connectivity index is 1.74. The zero-order valence-electron chi connectivity index (χ0n) is 30.3. The lowest BCUT2D eigenvalue weighted by Crippen LogP contribution is -2.44. The van der Waals surface area contributed by atoms with Crippen molar-refractivity contribution in [2.24, 2.45) is 17.8 Å². The van der Waals surface area contributed by atoms with Gasteiger partial charge in [0.15, 0.2) is 17.7 Å². The Morgan fingerprint density at radius 1 is 0.980 bits per heavy atom. The molecule has 49 heavy (non-hydrogen) atoms. The zero-order valence-corrected chi connectivity index (χ0v) is 30.3. The number of hydrogen-bond acceptors (Lipinski definition) is 5. The number of ether oxygens (including phenoxy) is 3. The summed E-state index contributed by atoms with van der Waals surface area (Å²) in [6.07, 6.45) is -2.29. The van der Waals surface area contributed by atoms with E-state index in [1.807, 2.05) is 34.6 Å². The Labute approximate surface area is 287 Å². The minimum absolute atomic E-state index is 0.125. The highest BCUT2D eigenvalue weighted by Crippen LogP contribution is 2.47. The molecule has 2 aromatic rings. The van der Waals surface area contributed by atoms with E-state index in [4.69, 9.17) is 14.2 Å². The molecule has 6 nitrogen and oxygen atoms in total. The van der Waals surface area contributed by atoms with Crippen molar-refractivity contribution < 1.29 is 41.4 Å². The first kappa shape index (κ1) is 37.1. The van der Waals surface area contributed by atoms with Crippen molar-refractivity contribution in [3.8, 4) is 16.9 Å². The number of hydrogen-bond donors (Lipinski definition) is 0. The standard InChI is InChI=1S/C39H51F4NO5/c1-20(2)25-13-12-21(3)17-31(25)48-36(45)35(49-38(7,8)9)33-23(5)26-14-15-44(37(46)39(41,42)43)19-29(26)24(6)32(33)28-18-30(40)34-27(22(28)4)11-10-16-47-34/h18,20-21,25,31,35H,10-17,19H2,1-9H3/t21-,25+,31+,35-/m1/s1. The number of amides is 1. The Hall–Kier alpha value is -3.14. The summed E-state index contributed by atoms with van der Waals surface area (Å²) in [7, 11) is 0. The van der Waals surface area contributed by atoms with Crippen LogP contribution in [0.1, 0.15) is 112 Å². The maximum absolute atomic E-state index is 15.9. The maximum atomic E-state index is 15.9. The molecular formula is C39H51F4NO5. The van der Waals surface area contributed by atoms with Gasteiger partial charge in [0, 0.05) is 24.2 Å². The first-order valence-electron chi connectivity index (χ1n) is 17.6.